The number of amides is 1. The predicted molar refractivity (Wildman–Crippen MR) is 125 cm³/mol. The number of esters is 1. The van der Waals surface area contributed by atoms with Crippen molar-refractivity contribution in [1.29, 1.82) is 0 Å². The second-order valence-electron chi connectivity index (χ2n) is 6.41. The molecule has 5 nitrogen and oxygen atoms in total. The molecule has 8 heteroatoms. The van der Waals surface area contributed by atoms with Crippen LogP contribution in [0.5, 0.6) is 5.75 Å². The number of halogens is 2. The zero-order valence-corrected chi connectivity index (χ0v) is 18.2. The van der Waals surface area contributed by atoms with Crippen LogP contribution in [0, 0.1) is 0 Å². The summed E-state index contributed by atoms with van der Waals surface area (Å²) in [5.41, 5.74) is 3.60. The molecule has 1 N–H and O–H groups in total. The zero-order valence-electron chi connectivity index (χ0n) is 15.8. The maximum absolute atomic E-state index is 12.4. The van der Waals surface area contributed by atoms with Gasteiger partial charge in [0.2, 0.25) is 0 Å². The van der Waals surface area contributed by atoms with Gasteiger partial charge in [0.25, 0.3) is 5.91 Å². The zero-order chi connectivity index (χ0) is 21.8. The van der Waals surface area contributed by atoms with Crippen molar-refractivity contribution in [3.05, 3.63) is 98.8 Å². The van der Waals surface area contributed by atoms with E-state index in [2.05, 4.69) is 10.5 Å². The number of nitrogens with zero attached hydrogens (tertiary/aromatic N) is 1. The minimum absolute atomic E-state index is 0.379. The number of carbonyl (C=O) groups excluding carboxylic acids is 2. The van der Waals surface area contributed by atoms with Crippen molar-refractivity contribution < 1.29 is 14.3 Å². The molecule has 0 aliphatic carbocycles. The first-order chi connectivity index (χ1) is 15.0. The van der Waals surface area contributed by atoms with Gasteiger partial charge in [-0.1, -0.05) is 41.4 Å². The smallest absolute Gasteiger partial charge is 0.343 e. The predicted octanol–water partition coefficient (Wildman–Crippen LogP) is 6.19. The summed E-state index contributed by atoms with van der Waals surface area (Å²) >= 11 is 13.4. The summed E-state index contributed by atoms with van der Waals surface area (Å²) in [6, 6.07) is 20.7. The molecule has 3 aromatic carbocycles. The Balaban J connectivity index is 1.37. The summed E-state index contributed by atoms with van der Waals surface area (Å²) in [6.07, 6.45) is 1.49. The molecule has 0 aliphatic rings. The van der Waals surface area contributed by atoms with E-state index in [-0.39, 0.29) is 5.91 Å². The summed E-state index contributed by atoms with van der Waals surface area (Å²) in [4.78, 5) is 24.9. The van der Waals surface area contributed by atoms with Gasteiger partial charge in [-0.2, -0.15) is 5.10 Å². The van der Waals surface area contributed by atoms with Gasteiger partial charge in [0, 0.05) is 15.1 Å². The summed E-state index contributed by atoms with van der Waals surface area (Å²) in [5, 5.41) is 5.78. The van der Waals surface area contributed by atoms with Gasteiger partial charge >= 0.3 is 5.97 Å². The van der Waals surface area contributed by atoms with E-state index in [1.165, 1.54) is 17.6 Å². The second kappa shape index (κ2) is 9.31. The summed E-state index contributed by atoms with van der Waals surface area (Å²) in [7, 11) is 0. The molecule has 1 amide bonds. The molecular formula is C23H14Cl2N2O3S. The molecule has 4 aromatic rings. The van der Waals surface area contributed by atoms with E-state index in [9.17, 15) is 9.59 Å². The van der Waals surface area contributed by atoms with Gasteiger partial charge in [-0.15, -0.1) is 11.3 Å². The van der Waals surface area contributed by atoms with E-state index in [1.54, 1.807) is 48.5 Å². The summed E-state index contributed by atoms with van der Waals surface area (Å²) < 4.78 is 6.26. The Morgan fingerprint density at radius 3 is 2.35 bits per heavy atom. The number of ether oxygens (including phenoxy) is 1. The molecule has 0 fully saturated rings. The largest absolute Gasteiger partial charge is 0.423 e. The monoisotopic (exact) mass is 468 g/mol. The van der Waals surface area contributed by atoms with E-state index in [4.69, 9.17) is 27.9 Å². The van der Waals surface area contributed by atoms with Crippen LogP contribution in [0.3, 0.4) is 0 Å². The van der Waals surface area contributed by atoms with Crippen molar-refractivity contribution in [1.82, 2.24) is 5.43 Å². The lowest BCUT2D eigenvalue weighted by molar-refractivity contribution is 0.0734. The van der Waals surface area contributed by atoms with Crippen LogP contribution in [0.4, 0.5) is 0 Å². The fraction of sp³-hybridized carbons (Fsp3) is 0. The maximum Gasteiger partial charge on any atom is 0.343 e. The first kappa shape index (κ1) is 21.1. The van der Waals surface area contributed by atoms with Gasteiger partial charge in [-0.05, 0) is 60.2 Å². The molecular weight excluding hydrogens is 455 g/mol. The molecule has 0 saturated carbocycles. The molecule has 0 unspecified atom stereocenters. The highest BCUT2D eigenvalue weighted by molar-refractivity contribution is 7.21. The number of hydrazone groups is 1. The van der Waals surface area contributed by atoms with E-state index in [0.29, 0.717) is 31.8 Å². The van der Waals surface area contributed by atoms with Crippen LogP contribution < -0.4 is 10.2 Å². The molecule has 1 aromatic heterocycles. The first-order valence-electron chi connectivity index (χ1n) is 9.09. The Morgan fingerprint density at radius 1 is 0.935 bits per heavy atom. The van der Waals surface area contributed by atoms with Crippen LogP contribution in [0.25, 0.3) is 10.1 Å². The van der Waals surface area contributed by atoms with E-state index in [1.807, 2.05) is 24.3 Å². The van der Waals surface area contributed by atoms with Crippen molar-refractivity contribution in [2.24, 2.45) is 5.10 Å². The lowest BCUT2D eigenvalue weighted by Crippen LogP contribution is -2.16. The fourth-order valence-corrected chi connectivity index (χ4v) is 4.28. The van der Waals surface area contributed by atoms with Gasteiger partial charge in [0.15, 0.2) is 0 Å². The number of hydrogen-bond donors (Lipinski definition) is 1. The van der Waals surface area contributed by atoms with E-state index >= 15 is 0 Å². The first-order valence-corrected chi connectivity index (χ1v) is 10.7. The van der Waals surface area contributed by atoms with Crippen molar-refractivity contribution >= 4 is 62.7 Å². The number of fused-ring (bicyclic) bond motifs is 1. The average Bonchev–Trinajstić information content (AvgIpc) is 3.12. The normalized spacial score (nSPS) is 11.0. The van der Waals surface area contributed by atoms with Crippen LogP contribution >= 0.6 is 34.5 Å². The third-order valence-electron chi connectivity index (χ3n) is 4.29. The van der Waals surface area contributed by atoms with Gasteiger partial charge in [-0.3, -0.25) is 4.79 Å². The van der Waals surface area contributed by atoms with Crippen molar-refractivity contribution in [3.63, 3.8) is 0 Å². The van der Waals surface area contributed by atoms with Crippen LogP contribution in [-0.2, 0) is 0 Å². The number of hydrogen-bond acceptors (Lipinski definition) is 5. The molecule has 154 valence electrons. The second-order valence-corrected chi connectivity index (χ2v) is 8.27. The Labute approximate surface area is 191 Å². The van der Waals surface area contributed by atoms with Crippen molar-refractivity contribution in [2.75, 3.05) is 0 Å². The minimum Gasteiger partial charge on any atom is -0.423 e. The highest BCUT2D eigenvalue weighted by atomic mass is 35.5. The molecule has 0 atom stereocenters. The van der Waals surface area contributed by atoms with Gasteiger partial charge < -0.3 is 4.74 Å². The Morgan fingerprint density at radius 2 is 1.65 bits per heavy atom. The third-order valence-corrected chi connectivity index (χ3v) is 6.22. The molecule has 4 rings (SSSR count). The van der Waals surface area contributed by atoms with Crippen LogP contribution in [0.15, 0.2) is 77.9 Å². The van der Waals surface area contributed by atoms with Gasteiger partial charge in [0.05, 0.1) is 16.8 Å². The Kier molecular flexibility index (Phi) is 6.32. The highest BCUT2D eigenvalue weighted by Crippen LogP contribution is 2.34. The molecule has 0 bridgehead atoms. The molecule has 0 spiro atoms. The topological polar surface area (TPSA) is 67.8 Å². The third kappa shape index (κ3) is 4.94. The minimum atomic E-state index is -0.481. The molecule has 0 saturated heterocycles. The van der Waals surface area contributed by atoms with E-state index < -0.39 is 5.97 Å². The van der Waals surface area contributed by atoms with E-state index in [0.717, 1.165) is 10.1 Å². The Bertz CT molecular complexity index is 1280. The van der Waals surface area contributed by atoms with Crippen LogP contribution in [0.1, 0.15) is 25.6 Å². The van der Waals surface area contributed by atoms with Crippen LogP contribution in [-0.4, -0.2) is 18.1 Å². The highest BCUT2D eigenvalue weighted by Gasteiger charge is 2.16. The number of rotatable bonds is 5. The summed E-state index contributed by atoms with van der Waals surface area (Å²) in [5.74, 6) is -0.472. The maximum atomic E-state index is 12.4. The van der Waals surface area contributed by atoms with Gasteiger partial charge in [-0.25, -0.2) is 10.2 Å². The van der Waals surface area contributed by atoms with Crippen LogP contribution in [0.2, 0.25) is 10.0 Å². The molecule has 0 aliphatic heterocycles. The lowest BCUT2D eigenvalue weighted by Gasteiger charge is -2.04. The summed E-state index contributed by atoms with van der Waals surface area (Å²) in [6.45, 7) is 0. The number of nitrogens with one attached hydrogen (secondary N) is 1. The molecule has 0 radical (unpaired) electrons. The standard InChI is InChI=1S/C23H14Cl2N2O3S/c24-16-9-7-15(8-10-16)23(29)30-17-11-5-14(6-12-17)13-26-27-22(28)21-20(25)18-3-1-2-4-19(18)31-21/h1-13H,(H,27,28). The van der Waals surface area contributed by atoms with Crippen molar-refractivity contribution in [2.45, 2.75) is 0 Å². The molecule has 31 heavy (non-hydrogen) atoms. The SMILES string of the molecule is O=C(Oc1ccc(C=NNC(=O)c2sc3ccccc3c2Cl)cc1)c1ccc(Cl)cc1. The van der Waals surface area contributed by atoms with Crippen molar-refractivity contribution in [3.8, 4) is 5.75 Å². The molecule has 1 heterocycles. The lowest BCUT2D eigenvalue weighted by atomic mass is 10.2. The number of benzene rings is 3. The fourth-order valence-electron chi connectivity index (χ4n) is 2.75. The Hall–Kier alpha value is -3.19. The average molecular weight is 469 g/mol. The number of carbonyl (C=O) groups is 2. The van der Waals surface area contributed by atoms with Gasteiger partial charge in [0.1, 0.15) is 10.6 Å². The quantitative estimate of drug-likeness (QED) is 0.164. The number of thiophene rings is 1.